The molecule has 1 saturated carbocycles. The summed E-state index contributed by atoms with van der Waals surface area (Å²) in [5.41, 5.74) is -0.236. The topological polar surface area (TPSA) is 59.9 Å². The molecular formula is C13H18N2O2S. The van der Waals surface area contributed by atoms with Crippen LogP contribution in [0.2, 0.25) is 0 Å². The zero-order valence-electron chi connectivity index (χ0n) is 10.5. The molecule has 1 aliphatic rings. The molecular weight excluding hydrogens is 248 g/mol. The van der Waals surface area contributed by atoms with Crippen molar-refractivity contribution >= 4 is 9.84 Å². The quantitative estimate of drug-likeness (QED) is 0.620. The van der Waals surface area contributed by atoms with Crippen LogP contribution in [0.3, 0.4) is 0 Å². The predicted octanol–water partition coefficient (Wildman–Crippen LogP) is 2.39. The number of hydrogen-bond acceptors (Lipinski definition) is 4. The average Bonchev–Trinajstić information content (AvgIpc) is 2.73. The Morgan fingerprint density at radius 1 is 1.50 bits per heavy atom. The normalized spacial score (nSPS) is 28.2. The van der Waals surface area contributed by atoms with Gasteiger partial charge in [-0.3, -0.25) is 0 Å². The van der Waals surface area contributed by atoms with E-state index in [4.69, 9.17) is 0 Å². The first-order valence-electron chi connectivity index (χ1n) is 6.12. The fourth-order valence-electron chi connectivity index (χ4n) is 2.85. The number of aromatic nitrogens is 2. The van der Waals surface area contributed by atoms with Crippen LogP contribution in [0.25, 0.3) is 0 Å². The molecule has 1 aromatic heterocycles. The van der Waals surface area contributed by atoms with Gasteiger partial charge < -0.3 is 0 Å². The zero-order chi connectivity index (χ0) is 13.2. The average molecular weight is 266 g/mol. The van der Waals surface area contributed by atoms with E-state index in [1.165, 1.54) is 12.4 Å². The summed E-state index contributed by atoms with van der Waals surface area (Å²) < 4.78 is 25.1. The molecule has 0 bridgehead atoms. The molecule has 4 nitrogen and oxygen atoms in total. The van der Waals surface area contributed by atoms with Crippen molar-refractivity contribution in [3.63, 3.8) is 0 Å². The Balaban J connectivity index is 2.39. The minimum absolute atomic E-state index is 0.0489. The van der Waals surface area contributed by atoms with Gasteiger partial charge in [-0.15, -0.1) is 6.58 Å². The van der Waals surface area contributed by atoms with Crippen LogP contribution in [0.5, 0.6) is 0 Å². The first kappa shape index (κ1) is 13.2. The zero-order valence-corrected chi connectivity index (χ0v) is 11.4. The van der Waals surface area contributed by atoms with Crippen LogP contribution in [0.4, 0.5) is 0 Å². The van der Waals surface area contributed by atoms with Crippen LogP contribution in [0.1, 0.15) is 32.6 Å². The van der Waals surface area contributed by atoms with Gasteiger partial charge in [0.15, 0.2) is 0 Å². The summed E-state index contributed by atoms with van der Waals surface area (Å²) in [4.78, 5) is 7.79. The minimum atomic E-state index is -3.44. The van der Waals surface area contributed by atoms with E-state index in [1.54, 1.807) is 12.1 Å². The van der Waals surface area contributed by atoms with E-state index in [1.807, 2.05) is 6.92 Å². The summed E-state index contributed by atoms with van der Waals surface area (Å²) in [6.07, 6.45) is 7.99. The molecule has 0 spiro atoms. The molecule has 1 aliphatic carbocycles. The van der Waals surface area contributed by atoms with Gasteiger partial charge in [0.05, 0.1) is 5.25 Å². The third-order valence-electron chi connectivity index (χ3n) is 3.77. The number of allylic oxidation sites excluding steroid dienone is 1. The third kappa shape index (κ3) is 2.19. The Morgan fingerprint density at radius 3 is 2.78 bits per heavy atom. The maximum atomic E-state index is 12.6. The fraction of sp³-hybridized carbons (Fsp3) is 0.538. The van der Waals surface area contributed by atoms with Gasteiger partial charge in [0.25, 0.3) is 0 Å². The van der Waals surface area contributed by atoms with E-state index in [-0.39, 0.29) is 10.6 Å². The number of rotatable bonds is 4. The lowest BCUT2D eigenvalue weighted by molar-refractivity contribution is 0.340. The van der Waals surface area contributed by atoms with Gasteiger partial charge in [0.2, 0.25) is 15.0 Å². The van der Waals surface area contributed by atoms with Crippen molar-refractivity contribution in [2.24, 2.45) is 5.41 Å². The molecule has 0 aliphatic heterocycles. The van der Waals surface area contributed by atoms with Gasteiger partial charge in [-0.25, -0.2) is 18.4 Å². The molecule has 5 heteroatoms. The third-order valence-corrected chi connectivity index (χ3v) is 6.05. The molecule has 2 rings (SSSR count). The first-order valence-corrected chi connectivity index (χ1v) is 7.67. The molecule has 98 valence electrons. The van der Waals surface area contributed by atoms with E-state index in [0.29, 0.717) is 12.8 Å². The fourth-order valence-corrected chi connectivity index (χ4v) is 4.96. The summed E-state index contributed by atoms with van der Waals surface area (Å²) in [7, 11) is -3.44. The van der Waals surface area contributed by atoms with Crippen molar-refractivity contribution in [1.82, 2.24) is 9.97 Å². The highest BCUT2D eigenvalue weighted by Crippen LogP contribution is 2.46. The van der Waals surface area contributed by atoms with E-state index < -0.39 is 15.1 Å². The standard InChI is InChI=1S/C13H18N2O2S/c1-3-7-13(2)8-4-6-11(13)18(16,17)12-14-9-5-10-15-12/h3,5,9-11H,1,4,6-8H2,2H3/t11-,13-/m1/s1. The van der Waals surface area contributed by atoms with Crippen LogP contribution in [-0.4, -0.2) is 23.6 Å². The highest BCUT2D eigenvalue weighted by Gasteiger charge is 2.47. The van der Waals surface area contributed by atoms with Crippen molar-refractivity contribution in [1.29, 1.82) is 0 Å². The Hall–Kier alpha value is -1.23. The number of hydrogen-bond donors (Lipinski definition) is 0. The molecule has 1 fully saturated rings. The van der Waals surface area contributed by atoms with Crippen molar-refractivity contribution in [3.05, 3.63) is 31.1 Å². The van der Waals surface area contributed by atoms with Crippen molar-refractivity contribution in [3.8, 4) is 0 Å². The van der Waals surface area contributed by atoms with Crippen LogP contribution in [0, 0.1) is 5.41 Å². The van der Waals surface area contributed by atoms with E-state index in [0.717, 1.165) is 12.8 Å². The van der Waals surface area contributed by atoms with Crippen LogP contribution >= 0.6 is 0 Å². The van der Waals surface area contributed by atoms with Crippen LogP contribution in [0.15, 0.2) is 36.3 Å². The lowest BCUT2D eigenvalue weighted by atomic mass is 9.85. The molecule has 2 atom stereocenters. The molecule has 1 heterocycles. The van der Waals surface area contributed by atoms with Crippen LogP contribution < -0.4 is 0 Å². The summed E-state index contributed by atoms with van der Waals surface area (Å²) in [5, 5.41) is -0.447. The summed E-state index contributed by atoms with van der Waals surface area (Å²) in [5.74, 6) is 0. The Kier molecular flexibility index (Phi) is 3.52. The largest absolute Gasteiger partial charge is 0.247 e. The molecule has 0 N–H and O–H groups in total. The van der Waals surface area contributed by atoms with E-state index in [2.05, 4.69) is 16.5 Å². The van der Waals surface area contributed by atoms with Gasteiger partial charge in [0, 0.05) is 12.4 Å². The molecule has 0 unspecified atom stereocenters. The summed E-state index contributed by atoms with van der Waals surface area (Å²) in [6.45, 7) is 5.75. The molecule has 0 radical (unpaired) electrons. The monoisotopic (exact) mass is 266 g/mol. The van der Waals surface area contributed by atoms with E-state index in [9.17, 15) is 8.42 Å². The maximum Gasteiger partial charge on any atom is 0.247 e. The number of nitrogens with zero attached hydrogens (tertiary/aromatic N) is 2. The van der Waals surface area contributed by atoms with Crippen molar-refractivity contribution in [2.75, 3.05) is 0 Å². The molecule has 18 heavy (non-hydrogen) atoms. The highest BCUT2D eigenvalue weighted by atomic mass is 32.2. The van der Waals surface area contributed by atoms with Crippen molar-refractivity contribution in [2.45, 2.75) is 43.0 Å². The van der Waals surface area contributed by atoms with Crippen molar-refractivity contribution < 1.29 is 8.42 Å². The minimum Gasteiger partial charge on any atom is -0.227 e. The Labute approximate surface area is 108 Å². The molecule has 0 saturated heterocycles. The van der Waals surface area contributed by atoms with Gasteiger partial charge in [0.1, 0.15) is 0 Å². The number of sulfone groups is 1. The molecule has 1 aromatic rings. The highest BCUT2D eigenvalue weighted by molar-refractivity contribution is 7.91. The Bertz CT molecular complexity index is 527. The second-order valence-corrected chi connectivity index (χ2v) is 7.13. The second kappa shape index (κ2) is 4.80. The first-order chi connectivity index (χ1) is 8.50. The SMILES string of the molecule is C=CC[C@]1(C)CCC[C@H]1S(=O)(=O)c1ncccn1. The smallest absolute Gasteiger partial charge is 0.227 e. The lowest BCUT2D eigenvalue weighted by Crippen LogP contribution is -2.34. The van der Waals surface area contributed by atoms with Gasteiger partial charge in [-0.1, -0.05) is 19.4 Å². The summed E-state index contributed by atoms with van der Waals surface area (Å²) in [6, 6.07) is 1.62. The van der Waals surface area contributed by atoms with Gasteiger partial charge >= 0.3 is 0 Å². The molecule has 0 aromatic carbocycles. The summed E-state index contributed by atoms with van der Waals surface area (Å²) >= 11 is 0. The Morgan fingerprint density at radius 2 is 2.17 bits per heavy atom. The van der Waals surface area contributed by atoms with Gasteiger partial charge in [-0.2, -0.15) is 0 Å². The second-order valence-electron chi connectivity index (χ2n) is 5.10. The molecule has 0 amide bonds. The van der Waals surface area contributed by atoms with Gasteiger partial charge in [-0.05, 0) is 30.7 Å². The lowest BCUT2D eigenvalue weighted by Gasteiger charge is -2.29. The van der Waals surface area contributed by atoms with E-state index >= 15 is 0 Å². The predicted molar refractivity (Wildman–Crippen MR) is 69.8 cm³/mol. The van der Waals surface area contributed by atoms with Crippen LogP contribution in [-0.2, 0) is 9.84 Å². The maximum absolute atomic E-state index is 12.6.